The molecule has 2 atom stereocenters. The normalized spacial score (nSPS) is 41.0. The smallest absolute Gasteiger partial charge is 0.0491 e. The quantitative estimate of drug-likeness (QED) is 0.392. The monoisotopic (exact) mass is 90.0 g/mol. The Bertz CT molecular complexity index is 188. The molecule has 0 heterocycles. The lowest BCUT2D eigenvalue weighted by Crippen LogP contribution is -1.65. The predicted molar refractivity (Wildman–Crippen MR) is 28.5 cm³/mol. The van der Waals surface area contributed by atoms with Crippen LogP contribution in [0.15, 0.2) is 11.6 Å². The van der Waals surface area contributed by atoms with Crippen LogP contribution in [0.1, 0.15) is 6.92 Å². The van der Waals surface area contributed by atoms with Crippen LogP contribution in [0.25, 0.3) is 0 Å². The zero-order chi connectivity index (χ0) is 4.85. The van der Waals surface area contributed by atoms with Crippen LogP contribution >= 0.6 is 0 Å². The minimum absolute atomic E-state index is 0.681. The molecule has 0 aromatic rings. The van der Waals surface area contributed by atoms with Crippen molar-refractivity contribution in [1.82, 2.24) is 0 Å². The first-order valence-electron chi connectivity index (χ1n) is 2.60. The summed E-state index contributed by atoms with van der Waals surface area (Å²) in [5.74, 6) is 7.53. The van der Waals surface area contributed by atoms with E-state index in [1.54, 1.807) is 0 Å². The van der Waals surface area contributed by atoms with Crippen molar-refractivity contribution in [2.45, 2.75) is 6.92 Å². The fourth-order valence-electron chi connectivity index (χ4n) is 1.06. The summed E-state index contributed by atoms with van der Waals surface area (Å²) in [6, 6.07) is 0. The largest absolute Gasteiger partial charge is 0.0900 e. The van der Waals surface area contributed by atoms with Crippen LogP contribution in [0, 0.1) is 23.7 Å². The molecule has 0 amide bonds. The summed E-state index contributed by atoms with van der Waals surface area (Å²) in [6.45, 7) is 2.23. The van der Waals surface area contributed by atoms with E-state index in [0.29, 0.717) is 5.92 Å². The van der Waals surface area contributed by atoms with E-state index < -0.39 is 0 Å². The lowest BCUT2D eigenvalue weighted by atomic mass is 10.3. The fraction of sp³-hybridized carbons (Fsp3) is 0.429. The molecule has 2 rings (SSSR count). The predicted octanol–water partition coefficient (Wildman–Crippen LogP) is 1.20. The summed E-state index contributed by atoms with van der Waals surface area (Å²) >= 11 is 0. The van der Waals surface area contributed by atoms with Gasteiger partial charge in [0.25, 0.3) is 0 Å². The molecule has 1 fully saturated rings. The number of hydrogen-bond acceptors (Lipinski definition) is 0. The Balaban J connectivity index is 2.43. The average Bonchev–Trinajstić information content (AvgIpc) is 2.26. The van der Waals surface area contributed by atoms with Gasteiger partial charge in [0.15, 0.2) is 0 Å². The highest BCUT2D eigenvalue weighted by atomic mass is 14.4. The molecule has 0 aliphatic heterocycles. The van der Waals surface area contributed by atoms with Gasteiger partial charge >= 0.3 is 0 Å². The molecule has 0 bridgehead atoms. The highest BCUT2D eigenvalue weighted by molar-refractivity contribution is 5.49. The van der Waals surface area contributed by atoms with Gasteiger partial charge in [0.1, 0.15) is 0 Å². The first-order valence-corrected chi connectivity index (χ1v) is 2.60. The molecule has 1 saturated carbocycles. The Morgan fingerprint density at radius 3 is 2.86 bits per heavy atom. The molecule has 2 unspecified atom stereocenters. The third-order valence-corrected chi connectivity index (χ3v) is 1.75. The van der Waals surface area contributed by atoms with Gasteiger partial charge in [-0.25, -0.2) is 0 Å². The molecule has 34 valence electrons. The SMILES string of the molecule is CC1C2=CC#CC21. The lowest BCUT2D eigenvalue weighted by molar-refractivity contribution is 0.922. The van der Waals surface area contributed by atoms with Crippen molar-refractivity contribution < 1.29 is 0 Å². The van der Waals surface area contributed by atoms with Crippen LogP contribution in [0.3, 0.4) is 0 Å². The molecule has 0 heteroatoms. The van der Waals surface area contributed by atoms with E-state index >= 15 is 0 Å². The summed E-state index contributed by atoms with van der Waals surface area (Å²) < 4.78 is 0. The maximum absolute atomic E-state index is 3.10. The first kappa shape index (κ1) is 3.32. The number of fused-ring (bicyclic) bond motifs is 1. The third kappa shape index (κ3) is 0.247. The topological polar surface area (TPSA) is 0 Å². The van der Waals surface area contributed by atoms with E-state index in [0.717, 1.165) is 5.92 Å². The average molecular weight is 90.1 g/mol. The third-order valence-electron chi connectivity index (χ3n) is 1.75. The highest BCUT2D eigenvalue weighted by Crippen LogP contribution is 2.46. The van der Waals surface area contributed by atoms with Crippen molar-refractivity contribution in [3.05, 3.63) is 11.6 Å². The van der Waals surface area contributed by atoms with Gasteiger partial charge in [-0.3, -0.25) is 0 Å². The van der Waals surface area contributed by atoms with Crippen LogP contribution in [0.5, 0.6) is 0 Å². The van der Waals surface area contributed by atoms with Gasteiger partial charge in [-0.15, -0.1) is 0 Å². The van der Waals surface area contributed by atoms with Crippen molar-refractivity contribution in [3.8, 4) is 11.8 Å². The zero-order valence-electron chi connectivity index (χ0n) is 4.23. The highest BCUT2D eigenvalue weighted by Gasteiger charge is 2.40. The van der Waals surface area contributed by atoms with Gasteiger partial charge in [0.2, 0.25) is 0 Å². The van der Waals surface area contributed by atoms with Gasteiger partial charge in [0, 0.05) is 5.92 Å². The van der Waals surface area contributed by atoms with Crippen LogP contribution in [0.4, 0.5) is 0 Å². The van der Waals surface area contributed by atoms with Crippen LogP contribution in [-0.4, -0.2) is 0 Å². The molecule has 0 spiro atoms. The van der Waals surface area contributed by atoms with Crippen molar-refractivity contribution in [1.29, 1.82) is 0 Å². The van der Waals surface area contributed by atoms with E-state index in [-0.39, 0.29) is 0 Å². The second kappa shape index (κ2) is 0.767. The van der Waals surface area contributed by atoms with Gasteiger partial charge in [-0.1, -0.05) is 18.8 Å². The van der Waals surface area contributed by atoms with Crippen molar-refractivity contribution in [3.63, 3.8) is 0 Å². The van der Waals surface area contributed by atoms with Crippen LogP contribution in [-0.2, 0) is 0 Å². The summed E-state index contributed by atoms with van der Waals surface area (Å²) in [4.78, 5) is 0. The molecule has 0 radical (unpaired) electrons. The molecular weight excluding hydrogens is 84.1 g/mol. The molecule has 7 heavy (non-hydrogen) atoms. The molecule has 0 N–H and O–H groups in total. The maximum atomic E-state index is 3.10. The second-order valence-electron chi connectivity index (χ2n) is 2.20. The first-order chi connectivity index (χ1) is 3.39. The Kier molecular flexibility index (Phi) is 0.364. The molecule has 0 saturated heterocycles. The molecule has 0 nitrogen and oxygen atoms in total. The minimum atomic E-state index is 0.681. The molecule has 2 aliphatic rings. The van der Waals surface area contributed by atoms with E-state index in [1.165, 1.54) is 5.57 Å². The zero-order valence-corrected chi connectivity index (χ0v) is 4.23. The Hall–Kier alpha value is -0.700. The van der Waals surface area contributed by atoms with Gasteiger partial charge in [0.05, 0.1) is 0 Å². The number of allylic oxidation sites excluding steroid dienone is 2. The van der Waals surface area contributed by atoms with Crippen molar-refractivity contribution in [2.75, 3.05) is 0 Å². The summed E-state index contributed by atoms with van der Waals surface area (Å²) in [5.41, 5.74) is 1.53. The number of hydrogen-bond donors (Lipinski definition) is 0. The van der Waals surface area contributed by atoms with Crippen molar-refractivity contribution in [2.24, 2.45) is 11.8 Å². The molecule has 0 aromatic carbocycles. The van der Waals surface area contributed by atoms with E-state index in [2.05, 4.69) is 24.8 Å². The second-order valence-corrected chi connectivity index (χ2v) is 2.20. The minimum Gasteiger partial charge on any atom is -0.0900 e. The summed E-state index contributed by atoms with van der Waals surface area (Å²) in [5, 5.41) is 0. The molecular formula is C7H6. The lowest BCUT2D eigenvalue weighted by Gasteiger charge is -1.70. The van der Waals surface area contributed by atoms with Gasteiger partial charge in [-0.05, 0) is 17.6 Å². The number of rotatable bonds is 0. The fourth-order valence-corrected chi connectivity index (χ4v) is 1.06. The standard InChI is InChI=1S/C7H6/c1-5-6-3-2-4-7(5)6/h3,5,7H,1H3. The van der Waals surface area contributed by atoms with Gasteiger partial charge in [-0.2, -0.15) is 0 Å². The Morgan fingerprint density at radius 1 is 1.71 bits per heavy atom. The molecule has 2 aliphatic carbocycles. The summed E-state index contributed by atoms with van der Waals surface area (Å²) in [7, 11) is 0. The van der Waals surface area contributed by atoms with Gasteiger partial charge < -0.3 is 0 Å². The van der Waals surface area contributed by atoms with E-state index in [9.17, 15) is 0 Å². The van der Waals surface area contributed by atoms with Crippen LogP contribution in [0.2, 0.25) is 0 Å². The summed E-state index contributed by atoms with van der Waals surface area (Å²) in [6.07, 6.45) is 2.05. The van der Waals surface area contributed by atoms with Crippen LogP contribution < -0.4 is 0 Å². The Morgan fingerprint density at radius 2 is 2.57 bits per heavy atom. The molecule has 0 aromatic heterocycles. The van der Waals surface area contributed by atoms with E-state index in [4.69, 9.17) is 0 Å². The van der Waals surface area contributed by atoms with E-state index in [1.807, 2.05) is 0 Å². The Labute approximate surface area is 43.2 Å². The van der Waals surface area contributed by atoms with Crippen molar-refractivity contribution >= 4 is 0 Å². The maximum Gasteiger partial charge on any atom is 0.0491 e.